The van der Waals surface area contributed by atoms with Crippen LogP contribution in [0, 0.1) is 0 Å². The third-order valence-electron chi connectivity index (χ3n) is 2.53. The predicted molar refractivity (Wildman–Crippen MR) is 64.9 cm³/mol. The Bertz CT molecular complexity index is 92.4. The van der Waals surface area contributed by atoms with Crippen molar-refractivity contribution < 1.29 is 4.48 Å². The van der Waals surface area contributed by atoms with Gasteiger partial charge in [-0.1, -0.05) is 6.58 Å². The van der Waals surface area contributed by atoms with Crippen molar-refractivity contribution in [3.63, 3.8) is 0 Å². The molecule has 0 bridgehead atoms. The zero-order chi connectivity index (χ0) is 10.0. The lowest BCUT2D eigenvalue weighted by molar-refractivity contribution is -0.917. The molecule has 0 rings (SSSR count). The molecule has 0 aliphatic carbocycles. The molecule has 0 saturated carbocycles. The fourth-order valence-corrected chi connectivity index (χ4v) is 1.33. The minimum absolute atomic E-state index is 1.11. The van der Waals surface area contributed by atoms with Crippen molar-refractivity contribution in [3.8, 4) is 0 Å². The highest BCUT2D eigenvalue weighted by atomic mass is 33.1. The Morgan fingerprint density at radius 1 is 1.08 bits per heavy atom. The molecule has 12 heavy (non-hydrogen) atoms. The Morgan fingerprint density at radius 2 is 1.42 bits per heavy atom. The van der Waals surface area contributed by atoms with E-state index in [4.69, 9.17) is 0 Å². The van der Waals surface area contributed by atoms with E-state index in [-0.39, 0.29) is 0 Å². The van der Waals surface area contributed by atoms with E-state index in [0.29, 0.717) is 0 Å². The maximum Gasteiger partial charge on any atom is 0.0970 e. The zero-order valence-electron chi connectivity index (χ0n) is 8.45. The minimum atomic E-state index is 1.11. The van der Waals surface area contributed by atoms with Crippen LogP contribution in [-0.4, -0.2) is 30.7 Å². The van der Waals surface area contributed by atoms with Crippen LogP contribution in [0.1, 0.15) is 20.8 Å². The van der Waals surface area contributed by atoms with E-state index in [0.717, 1.165) is 6.54 Å². The number of rotatable bonds is 5. The first kappa shape index (κ1) is 14.9. The van der Waals surface area contributed by atoms with Gasteiger partial charge in [0.2, 0.25) is 0 Å². The molecule has 0 aliphatic rings. The summed E-state index contributed by atoms with van der Waals surface area (Å²) in [5.74, 6) is 0. The summed E-state index contributed by atoms with van der Waals surface area (Å²) in [6.07, 6.45) is 2.02. The van der Waals surface area contributed by atoms with Gasteiger partial charge in [-0.25, -0.2) is 0 Å². The van der Waals surface area contributed by atoms with Crippen LogP contribution in [-0.2, 0) is 0 Å². The van der Waals surface area contributed by atoms with Crippen LogP contribution in [0.3, 0.4) is 0 Å². The lowest BCUT2D eigenvalue weighted by atomic mass is 10.3. The first-order valence-electron chi connectivity index (χ1n) is 4.40. The molecule has 0 fully saturated rings. The molecule has 3 heteroatoms. The van der Waals surface area contributed by atoms with Crippen molar-refractivity contribution in [2.75, 3.05) is 26.2 Å². The lowest BCUT2D eigenvalue weighted by Gasteiger charge is -2.34. The van der Waals surface area contributed by atoms with Crippen LogP contribution < -0.4 is 0 Å². The molecule has 0 amide bonds. The molecule has 0 atom stereocenters. The fraction of sp³-hybridized carbons (Fsp3) is 0.778. The van der Waals surface area contributed by atoms with Crippen LogP contribution >= 0.6 is 23.3 Å². The molecule has 0 aromatic carbocycles. The van der Waals surface area contributed by atoms with E-state index in [2.05, 4.69) is 50.7 Å². The molecule has 74 valence electrons. The Labute approximate surface area is 87.7 Å². The van der Waals surface area contributed by atoms with E-state index in [1.807, 2.05) is 6.08 Å². The molecule has 0 unspecified atom stereocenters. The van der Waals surface area contributed by atoms with Gasteiger partial charge in [-0.3, -0.25) is 0 Å². The van der Waals surface area contributed by atoms with Gasteiger partial charge < -0.3 is 4.48 Å². The maximum absolute atomic E-state index is 3.77. The standard InChI is InChI=1S/C9H20N.H2S2/c1-5-9-10(6-2,7-3)8-4;1-2/h5H,1,6-9H2,2-4H3;1-2H/q+1;. The summed E-state index contributed by atoms with van der Waals surface area (Å²) in [7, 11) is 0. The third-order valence-corrected chi connectivity index (χ3v) is 2.53. The van der Waals surface area contributed by atoms with Crippen LogP contribution in [0.2, 0.25) is 0 Å². The van der Waals surface area contributed by atoms with Gasteiger partial charge in [0.05, 0.1) is 26.2 Å². The molecule has 0 aromatic heterocycles. The molecule has 0 radical (unpaired) electrons. The fourth-order valence-electron chi connectivity index (χ4n) is 1.33. The zero-order valence-corrected chi connectivity index (χ0v) is 10.2. The monoisotopic (exact) mass is 208 g/mol. The molecular weight excluding hydrogens is 186 g/mol. The average Bonchev–Trinajstić information content (AvgIpc) is 2.18. The number of thiol groups is 2. The van der Waals surface area contributed by atoms with Gasteiger partial charge >= 0.3 is 0 Å². The SMILES string of the molecule is C=CC[N+](CC)(CC)CC.SS. The molecule has 1 nitrogen and oxygen atoms in total. The van der Waals surface area contributed by atoms with Gasteiger partial charge in [0, 0.05) is 0 Å². The Hall–Kier alpha value is 0.400. The van der Waals surface area contributed by atoms with E-state index in [1.54, 1.807) is 0 Å². The first-order valence-corrected chi connectivity index (χ1v) is 6.00. The molecule has 0 spiro atoms. The second-order valence-corrected chi connectivity index (χ2v) is 2.76. The van der Waals surface area contributed by atoms with E-state index < -0.39 is 0 Å². The van der Waals surface area contributed by atoms with Crippen molar-refractivity contribution in [2.45, 2.75) is 20.8 Å². The quantitative estimate of drug-likeness (QED) is 0.295. The topological polar surface area (TPSA) is 0 Å². The summed E-state index contributed by atoms with van der Waals surface area (Å²) < 4.78 is 1.18. The minimum Gasteiger partial charge on any atom is -0.321 e. The highest BCUT2D eigenvalue weighted by Crippen LogP contribution is 2.04. The number of hydrogen-bond acceptors (Lipinski definition) is 2. The van der Waals surface area contributed by atoms with Crippen molar-refractivity contribution >= 4 is 23.3 Å². The summed E-state index contributed by atoms with van der Waals surface area (Å²) in [4.78, 5) is 0. The van der Waals surface area contributed by atoms with Crippen molar-refractivity contribution in [1.29, 1.82) is 0 Å². The van der Waals surface area contributed by atoms with Crippen molar-refractivity contribution in [3.05, 3.63) is 12.7 Å². The molecular formula is C9H22NS2+. The Balaban J connectivity index is 0. The highest BCUT2D eigenvalue weighted by Gasteiger charge is 2.17. The molecule has 0 N–H and O–H groups in total. The molecule has 0 aliphatic heterocycles. The van der Waals surface area contributed by atoms with E-state index in [1.165, 1.54) is 24.1 Å². The largest absolute Gasteiger partial charge is 0.321 e. The van der Waals surface area contributed by atoms with Gasteiger partial charge in [0.1, 0.15) is 0 Å². The number of quaternary nitrogens is 1. The second-order valence-electron chi connectivity index (χ2n) is 2.76. The summed E-state index contributed by atoms with van der Waals surface area (Å²) in [5, 5.41) is 0. The normalized spacial score (nSPS) is 10.1. The summed E-state index contributed by atoms with van der Waals surface area (Å²) >= 11 is 6.44. The average molecular weight is 208 g/mol. The third kappa shape index (κ3) is 5.12. The molecule has 0 heterocycles. The maximum atomic E-state index is 3.77. The smallest absolute Gasteiger partial charge is 0.0970 e. The Morgan fingerprint density at radius 3 is 1.50 bits per heavy atom. The van der Waals surface area contributed by atoms with Gasteiger partial charge in [0.15, 0.2) is 0 Å². The van der Waals surface area contributed by atoms with Gasteiger partial charge in [-0.2, -0.15) is 0 Å². The number of nitrogens with zero attached hydrogens (tertiary/aromatic N) is 1. The summed E-state index contributed by atoms with van der Waals surface area (Å²) in [6, 6.07) is 0. The van der Waals surface area contributed by atoms with Gasteiger partial charge in [-0.05, 0) is 26.8 Å². The van der Waals surface area contributed by atoms with Crippen LogP contribution in [0.5, 0.6) is 0 Å². The van der Waals surface area contributed by atoms with Crippen LogP contribution in [0.15, 0.2) is 12.7 Å². The lowest BCUT2D eigenvalue weighted by Crippen LogP contribution is -2.47. The predicted octanol–water partition coefficient (Wildman–Crippen LogP) is 2.81. The highest BCUT2D eigenvalue weighted by molar-refractivity contribution is 8.59. The first-order chi connectivity index (χ1) is 5.74. The van der Waals surface area contributed by atoms with Crippen molar-refractivity contribution in [1.82, 2.24) is 0 Å². The van der Waals surface area contributed by atoms with E-state index in [9.17, 15) is 0 Å². The second kappa shape index (κ2) is 9.49. The summed E-state index contributed by atoms with van der Waals surface area (Å²) in [6.45, 7) is 15.3. The number of hydrogen-bond donors (Lipinski definition) is 2. The van der Waals surface area contributed by atoms with Crippen LogP contribution in [0.4, 0.5) is 0 Å². The Kier molecular flexibility index (Phi) is 11.8. The molecule has 0 saturated heterocycles. The van der Waals surface area contributed by atoms with E-state index >= 15 is 0 Å². The summed E-state index contributed by atoms with van der Waals surface area (Å²) in [5.41, 5.74) is 0. The number of likely N-dealkylation sites (N-methyl/N-ethyl adjacent to an activating group) is 1. The van der Waals surface area contributed by atoms with Crippen LogP contribution in [0.25, 0.3) is 0 Å². The van der Waals surface area contributed by atoms with Crippen molar-refractivity contribution in [2.24, 2.45) is 0 Å². The van der Waals surface area contributed by atoms with Gasteiger partial charge in [0.25, 0.3) is 0 Å². The molecule has 0 aromatic rings. The van der Waals surface area contributed by atoms with Gasteiger partial charge in [-0.15, -0.1) is 23.3 Å².